The monoisotopic (exact) mass is 469 g/mol. The average molecular weight is 470 g/mol. The van der Waals surface area contributed by atoms with E-state index in [1.807, 2.05) is 32.0 Å². The van der Waals surface area contributed by atoms with Crippen LogP contribution in [-0.4, -0.2) is 29.1 Å². The molecule has 1 aliphatic carbocycles. The van der Waals surface area contributed by atoms with E-state index in [9.17, 15) is 9.59 Å². The predicted octanol–water partition coefficient (Wildman–Crippen LogP) is 5.52. The van der Waals surface area contributed by atoms with Crippen LogP contribution in [-0.2, 0) is 14.3 Å². The van der Waals surface area contributed by atoms with Gasteiger partial charge < -0.3 is 14.0 Å². The first-order valence-electron chi connectivity index (χ1n) is 12.1. The lowest BCUT2D eigenvalue weighted by Gasteiger charge is -2.21. The Morgan fingerprint density at radius 2 is 1.60 bits per heavy atom. The molecule has 2 aromatic carbocycles. The van der Waals surface area contributed by atoms with E-state index in [2.05, 4.69) is 29.4 Å². The Labute approximate surface area is 203 Å². The van der Waals surface area contributed by atoms with Crippen LogP contribution < -0.4 is 0 Å². The number of carbonyl (C=O) groups is 2. The molecule has 2 fully saturated rings. The van der Waals surface area contributed by atoms with Gasteiger partial charge in [-0.2, -0.15) is 0 Å². The van der Waals surface area contributed by atoms with Gasteiger partial charge in [-0.05, 0) is 68.4 Å². The molecular weight excluding hydrogens is 442 g/mol. The summed E-state index contributed by atoms with van der Waals surface area (Å²) in [5.74, 6) is -0.226. The molecule has 0 spiro atoms. The summed E-state index contributed by atoms with van der Waals surface area (Å²) >= 11 is 0. The normalized spacial score (nSPS) is 24.9. The SMILES string of the molecule is Cc1cc(-c2ccccc2)cc(C)c1C1=C(OC(=O)c2c(C)noc2C)[C@H]2[C@@H](C1=O)[C@@H]1CC[C@H]2O1. The highest BCUT2D eigenvalue weighted by Crippen LogP contribution is 2.55. The number of ether oxygens (including phenoxy) is 2. The standard InChI is InChI=1S/C29H27NO5/c1-14-12-19(18-8-6-5-7-9-18)13-15(2)22(14)26-27(31)24-20-10-11-21(33-20)25(24)28(26)34-29(32)23-16(3)30-35-17(23)4/h5-9,12-13,20-21,24-25H,10-11H2,1-4H3/t20-,21+,24-,25+/m0/s1. The van der Waals surface area contributed by atoms with Crippen LogP contribution in [0.15, 0.2) is 52.7 Å². The fourth-order valence-corrected chi connectivity index (χ4v) is 6.24. The molecule has 0 saturated carbocycles. The van der Waals surface area contributed by atoms with E-state index in [1.165, 1.54) is 0 Å². The van der Waals surface area contributed by atoms with Gasteiger partial charge in [-0.25, -0.2) is 4.79 Å². The zero-order chi connectivity index (χ0) is 24.4. The Morgan fingerprint density at radius 1 is 0.943 bits per heavy atom. The van der Waals surface area contributed by atoms with E-state index < -0.39 is 5.97 Å². The minimum atomic E-state index is -0.541. The summed E-state index contributed by atoms with van der Waals surface area (Å²) < 4.78 is 17.4. The second-order valence-electron chi connectivity index (χ2n) is 9.89. The number of nitrogens with zero attached hydrogens (tertiary/aromatic N) is 1. The third kappa shape index (κ3) is 3.31. The van der Waals surface area contributed by atoms with E-state index in [1.54, 1.807) is 13.8 Å². The second-order valence-corrected chi connectivity index (χ2v) is 9.89. The van der Waals surface area contributed by atoms with Crippen LogP contribution in [0.4, 0.5) is 0 Å². The van der Waals surface area contributed by atoms with Crippen LogP contribution in [0.3, 0.4) is 0 Å². The van der Waals surface area contributed by atoms with Crippen molar-refractivity contribution in [2.24, 2.45) is 11.8 Å². The molecule has 0 amide bonds. The number of esters is 1. The summed E-state index contributed by atoms with van der Waals surface area (Å²) in [6, 6.07) is 14.4. The molecule has 2 bridgehead atoms. The zero-order valence-corrected chi connectivity index (χ0v) is 20.3. The highest BCUT2D eigenvalue weighted by Gasteiger charge is 2.60. The Balaban J connectivity index is 1.49. The largest absolute Gasteiger partial charge is 0.426 e. The number of aromatic nitrogens is 1. The summed E-state index contributed by atoms with van der Waals surface area (Å²) in [5.41, 5.74) is 6.32. The van der Waals surface area contributed by atoms with Gasteiger partial charge in [-0.1, -0.05) is 47.6 Å². The zero-order valence-electron chi connectivity index (χ0n) is 20.3. The van der Waals surface area contributed by atoms with Gasteiger partial charge in [0, 0.05) is 0 Å². The van der Waals surface area contributed by atoms with Crippen molar-refractivity contribution >= 4 is 17.3 Å². The highest BCUT2D eigenvalue weighted by molar-refractivity contribution is 6.26. The van der Waals surface area contributed by atoms with E-state index >= 15 is 0 Å². The molecular formula is C29H27NO5. The van der Waals surface area contributed by atoms with Crippen molar-refractivity contribution in [2.75, 3.05) is 0 Å². The molecule has 178 valence electrons. The predicted molar refractivity (Wildman–Crippen MR) is 130 cm³/mol. The number of hydrogen-bond donors (Lipinski definition) is 0. The molecule has 0 unspecified atom stereocenters. The van der Waals surface area contributed by atoms with Crippen molar-refractivity contribution in [3.05, 3.63) is 81.9 Å². The number of allylic oxidation sites excluding steroid dienone is 1. The third-order valence-corrected chi connectivity index (χ3v) is 7.70. The summed E-state index contributed by atoms with van der Waals surface area (Å²) in [5, 5.41) is 3.89. The Bertz CT molecular complexity index is 1360. The van der Waals surface area contributed by atoms with Gasteiger partial charge in [0.2, 0.25) is 0 Å². The van der Waals surface area contributed by atoms with Crippen molar-refractivity contribution in [1.29, 1.82) is 0 Å². The van der Waals surface area contributed by atoms with Crippen LogP contribution >= 0.6 is 0 Å². The van der Waals surface area contributed by atoms with Gasteiger partial charge in [0.15, 0.2) is 5.78 Å². The van der Waals surface area contributed by atoms with Gasteiger partial charge in [-0.15, -0.1) is 0 Å². The number of ketones is 1. The number of aryl methyl sites for hydroxylation is 4. The maximum absolute atomic E-state index is 13.9. The molecule has 0 radical (unpaired) electrons. The summed E-state index contributed by atoms with van der Waals surface area (Å²) in [6.07, 6.45) is 1.50. The molecule has 4 atom stereocenters. The van der Waals surface area contributed by atoms with Crippen LogP contribution in [0, 0.1) is 39.5 Å². The van der Waals surface area contributed by atoms with Crippen molar-refractivity contribution < 1.29 is 23.6 Å². The highest BCUT2D eigenvalue weighted by atomic mass is 16.6. The number of fused-ring (bicyclic) bond motifs is 5. The minimum absolute atomic E-state index is 0.0161. The lowest BCUT2D eigenvalue weighted by molar-refractivity contribution is -0.118. The molecule has 6 heteroatoms. The van der Waals surface area contributed by atoms with Crippen molar-refractivity contribution in [3.63, 3.8) is 0 Å². The molecule has 3 aliphatic rings. The number of Topliss-reactive ketones (excluding diaryl/α,β-unsaturated/α-hetero) is 1. The van der Waals surface area contributed by atoms with E-state index in [4.69, 9.17) is 14.0 Å². The fraction of sp³-hybridized carbons (Fsp3) is 0.345. The van der Waals surface area contributed by atoms with E-state index in [0.29, 0.717) is 28.3 Å². The van der Waals surface area contributed by atoms with E-state index in [-0.39, 0.29) is 29.8 Å². The minimum Gasteiger partial charge on any atom is -0.426 e. The molecule has 6 nitrogen and oxygen atoms in total. The van der Waals surface area contributed by atoms with Crippen LogP contribution in [0.1, 0.15) is 51.3 Å². The number of hydrogen-bond acceptors (Lipinski definition) is 6. The molecule has 3 aromatic rings. The van der Waals surface area contributed by atoms with Gasteiger partial charge in [0.25, 0.3) is 0 Å². The summed E-state index contributed by atoms with van der Waals surface area (Å²) in [4.78, 5) is 27.2. The first-order chi connectivity index (χ1) is 16.8. The number of benzene rings is 2. The van der Waals surface area contributed by atoms with Gasteiger partial charge in [-0.3, -0.25) is 4.79 Å². The third-order valence-electron chi connectivity index (χ3n) is 7.70. The van der Waals surface area contributed by atoms with Crippen LogP contribution in [0.2, 0.25) is 0 Å². The smallest absolute Gasteiger partial charge is 0.348 e. The van der Waals surface area contributed by atoms with Crippen LogP contribution in [0.25, 0.3) is 16.7 Å². The Hall–Kier alpha value is -3.51. The molecule has 3 heterocycles. The maximum atomic E-state index is 13.9. The Kier molecular flexibility index (Phi) is 5.04. The van der Waals surface area contributed by atoms with Crippen LogP contribution in [0.5, 0.6) is 0 Å². The fourth-order valence-electron chi connectivity index (χ4n) is 6.24. The van der Waals surface area contributed by atoms with Crippen molar-refractivity contribution in [2.45, 2.75) is 52.7 Å². The first kappa shape index (κ1) is 22.0. The summed E-state index contributed by atoms with van der Waals surface area (Å²) in [6.45, 7) is 7.43. The molecule has 2 aliphatic heterocycles. The van der Waals surface area contributed by atoms with Gasteiger partial charge in [0.1, 0.15) is 17.1 Å². The number of rotatable bonds is 4. The van der Waals surface area contributed by atoms with Crippen molar-refractivity contribution in [3.8, 4) is 11.1 Å². The molecule has 2 saturated heterocycles. The van der Waals surface area contributed by atoms with Gasteiger partial charge >= 0.3 is 5.97 Å². The van der Waals surface area contributed by atoms with Gasteiger partial charge in [0.05, 0.1) is 35.3 Å². The van der Waals surface area contributed by atoms with Crippen molar-refractivity contribution in [1.82, 2.24) is 5.16 Å². The lowest BCUT2D eigenvalue weighted by Crippen LogP contribution is -2.30. The topological polar surface area (TPSA) is 78.6 Å². The molecule has 6 rings (SSSR count). The van der Waals surface area contributed by atoms with E-state index in [0.717, 1.165) is 40.7 Å². The molecule has 35 heavy (non-hydrogen) atoms. The summed E-state index contributed by atoms with van der Waals surface area (Å²) in [7, 11) is 0. The molecule has 1 aromatic heterocycles. The number of carbonyl (C=O) groups excluding carboxylic acids is 2. The second kappa shape index (κ2) is 8.02. The average Bonchev–Trinajstić information content (AvgIpc) is 3.59. The Morgan fingerprint density at radius 3 is 2.23 bits per heavy atom. The maximum Gasteiger partial charge on any atom is 0.348 e. The molecule has 0 N–H and O–H groups in total. The quantitative estimate of drug-likeness (QED) is 0.468. The lowest BCUT2D eigenvalue weighted by atomic mass is 9.80. The first-order valence-corrected chi connectivity index (χ1v) is 12.1.